The van der Waals surface area contributed by atoms with Crippen molar-refractivity contribution < 1.29 is 0 Å². The summed E-state index contributed by atoms with van der Waals surface area (Å²) in [5.74, 6) is 1.28. The average Bonchev–Trinajstić information content (AvgIpc) is 2.23. The Morgan fingerprint density at radius 2 is 1.67 bits per heavy atom. The zero-order chi connectivity index (χ0) is 10.8. The van der Waals surface area contributed by atoms with Gasteiger partial charge in [-0.25, -0.2) is 19.9 Å². The number of halogens is 1. The Labute approximate surface area is 94.9 Å². The average molecular weight is 266 g/mol. The van der Waals surface area contributed by atoms with Crippen molar-refractivity contribution in [2.24, 2.45) is 0 Å². The summed E-state index contributed by atoms with van der Waals surface area (Å²) in [6.45, 7) is 1.92. The second-order valence-electron chi connectivity index (χ2n) is 3.01. The normalized spacial score (nSPS) is 10.3. The Morgan fingerprint density at radius 1 is 1.07 bits per heavy atom. The molecule has 0 atom stereocenters. The van der Waals surface area contributed by atoms with E-state index in [9.17, 15) is 0 Å². The summed E-state index contributed by atoms with van der Waals surface area (Å²) in [6, 6.07) is 0. The summed E-state index contributed by atoms with van der Waals surface area (Å²) in [6.07, 6.45) is 5.01. The zero-order valence-corrected chi connectivity index (χ0v) is 9.56. The minimum absolute atomic E-state index is 0.379. The third-order valence-electron chi connectivity index (χ3n) is 1.75. The van der Waals surface area contributed by atoms with Crippen LogP contribution in [0.1, 0.15) is 5.56 Å². The minimum atomic E-state index is 0.379. The molecule has 2 rings (SSSR count). The predicted octanol–water partition coefficient (Wildman–Crippen LogP) is 1.59. The van der Waals surface area contributed by atoms with Crippen molar-refractivity contribution in [1.82, 2.24) is 19.9 Å². The molecule has 2 aromatic rings. The van der Waals surface area contributed by atoms with Crippen molar-refractivity contribution in [2.45, 2.75) is 6.92 Å². The highest BCUT2D eigenvalue weighted by Crippen LogP contribution is 2.18. The Balaban J connectivity index is 2.45. The van der Waals surface area contributed by atoms with Crippen LogP contribution >= 0.6 is 15.9 Å². The fourth-order valence-electron chi connectivity index (χ4n) is 0.996. The Bertz CT molecular complexity index is 482. The third-order valence-corrected chi connectivity index (χ3v) is 2.36. The van der Waals surface area contributed by atoms with Gasteiger partial charge in [0.2, 0.25) is 0 Å². The highest BCUT2D eigenvalue weighted by molar-refractivity contribution is 9.10. The van der Waals surface area contributed by atoms with Crippen molar-refractivity contribution in [2.75, 3.05) is 5.73 Å². The summed E-state index contributed by atoms with van der Waals surface area (Å²) >= 11 is 3.22. The molecular weight excluding hydrogens is 258 g/mol. The van der Waals surface area contributed by atoms with Gasteiger partial charge in [-0.05, 0) is 28.4 Å². The molecule has 0 aliphatic carbocycles. The van der Waals surface area contributed by atoms with Gasteiger partial charge in [-0.15, -0.1) is 0 Å². The van der Waals surface area contributed by atoms with E-state index in [-0.39, 0.29) is 0 Å². The molecule has 2 N–H and O–H groups in total. The van der Waals surface area contributed by atoms with Crippen LogP contribution < -0.4 is 5.73 Å². The van der Waals surface area contributed by atoms with E-state index < -0.39 is 0 Å². The summed E-state index contributed by atoms with van der Waals surface area (Å²) in [5.41, 5.74) is 6.62. The van der Waals surface area contributed by atoms with E-state index in [2.05, 4.69) is 35.9 Å². The molecule has 2 aromatic heterocycles. The minimum Gasteiger partial charge on any atom is -0.383 e. The smallest absolute Gasteiger partial charge is 0.199 e. The molecule has 0 bridgehead atoms. The predicted molar refractivity (Wildman–Crippen MR) is 59.9 cm³/mol. The largest absolute Gasteiger partial charge is 0.383 e. The van der Waals surface area contributed by atoms with Crippen LogP contribution in [0, 0.1) is 6.92 Å². The lowest BCUT2D eigenvalue weighted by atomic mass is 10.4. The van der Waals surface area contributed by atoms with Gasteiger partial charge in [0, 0.05) is 18.6 Å². The number of aromatic nitrogens is 4. The van der Waals surface area contributed by atoms with Crippen LogP contribution in [0.25, 0.3) is 11.6 Å². The summed E-state index contributed by atoms with van der Waals surface area (Å²) in [5, 5.41) is 0. The highest BCUT2D eigenvalue weighted by atomic mass is 79.9. The van der Waals surface area contributed by atoms with Crippen LogP contribution in [0.15, 0.2) is 23.1 Å². The van der Waals surface area contributed by atoms with Crippen LogP contribution in [-0.2, 0) is 0 Å². The molecular formula is C9H8BrN5. The van der Waals surface area contributed by atoms with Gasteiger partial charge in [0.25, 0.3) is 0 Å². The second-order valence-corrected chi connectivity index (χ2v) is 3.87. The monoisotopic (exact) mass is 265 g/mol. The number of aryl methyl sites for hydroxylation is 1. The number of hydrogen-bond donors (Lipinski definition) is 1. The number of hydrogen-bond acceptors (Lipinski definition) is 5. The fourth-order valence-corrected chi connectivity index (χ4v) is 1.19. The molecule has 0 amide bonds. The molecule has 15 heavy (non-hydrogen) atoms. The molecule has 0 unspecified atom stereocenters. The van der Waals surface area contributed by atoms with Gasteiger partial charge in [0.1, 0.15) is 5.82 Å². The molecule has 0 aromatic carbocycles. The zero-order valence-electron chi connectivity index (χ0n) is 7.98. The van der Waals surface area contributed by atoms with Crippen molar-refractivity contribution in [3.63, 3.8) is 0 Å². The molecule has 5 nitrogen and oxygen atoms in total. The maximum atomic E-state index is 5.63. The second kappa shape index (κ2) is 3.90. The van der Waals surface area contributed by atoms with Gasteiger partial charge < -0.3 is 5.73 Å². The van der Waals surface area contributed by atoms with Crippen LogP contribution in [0.2, 0.25) is 0 Å². The summed E-state index contributed by atoms with van der Waals surface area (Å²) in [4.78, 5) is 16.4. The molecule has 0 aliphatic rings. The van der Waals surface area contributed by atoms with Crippen molar-refractivity contribution >= 4 is 21.7 Å². The number of nitrogens with two attached hydrogens (primary N) is 1. The fraction of sp³-hybridized carbons (Fsp3) is 0.111. The molecule has 0 saturated heterocycles. The molecule has 0 radical (unpaired) electrons. The van der Waals surface area contributed by atoms with E-state index in [1.807, 2.05) is 6.92 Å². The number of rotatable bonds is 1. The maximum Gasteiger partial charge on any atom is 0.199 e. The van der Waals surface area contributed by atoms with E-state index in [0.717, 1.165) is 5.56 Å². The summed E-state index contributed by atoms with van der Waals surface area (Å²) < 4.78 is 0.665. The van der Waals surface area contributed by atoms with Gasteiger partial charge >= 0.3 is 0 Å². The van der Waals surface area contributed by atoms with Crippen molar-refractivity contribution in [3.05, 3.63) is 28.6 Å². The van der Waals surface area contributed by atoms with Crippen LogP contribution in [0.5, 0.6) is 0 Å². The first-order valence-electron chi connectivity index (χ1n) is 4.24. The Kier molecular flexibility index (Phi) is 2.59. The molecule has 76 valence electrons. The van der Waals surface area contributed by atoms with Crippen molar-refractivity contribution in [3.8, 4) is 11.6 Å². The maximum absolute atomic E-state index is 5.63. The molecule has 0 saturated carbocycles. The van der Waals surface area contributed by atoms with E-state index >= 15 is 0 Å². The number of nitrogens with zero attached hydrogens (tertiary/aromatic N) is 4. The Morgan fingerprint density at radius 3 is 2.27 bits per heavy atom. The molecule has 0 aliphatic heterocycles. The van der Waals surface area contributed by atoms with Gasteiger partial charge in [-0.2, -0.15) is 0 Å². The van der Waals surface area contributed by atoms with E-state index in [1.54, 1.807) is 18.6 Å². The van der Waals surface area contributed by atoms with E-state index in [0.29, 0.717) is 21.9 Å². The molecule has 2 heterocycles. The molecule has 0 spiro atoms. The number of nitrogen functional groups attached to an aromatic ring is 1. The Hall–Kier alpha value is -1.56. The highest BCUT2D eigenvalue weighted by Gasteiger charge is 2.06. The first kappa shape index (κ1) is 9.97. The van der Waals surface area contributed by atoms with Crippen LogP contribution in [0.4, 0.5) is 5.82 Å². The number of anilines is 1. The SMILES string of the molecule is Cc1cnc(-c2ncc(Br)c(N)n2)nc1. The molecule has 6 heteroatoms. The first-order valence-corrected chi connectivity index (χ1v) is 5.03. The van der Waals surface area contributed by atoms with Gasteiger partial charge in [-0.1, -0.05) is 0 Å². The van der Waals surface area contributed by atoms with Crippen LogP contribution in [0.3, 0.4) is 0 Å². The van der Waals surface area contributed by atoms with E-state index in [4.69, 9.17) is 5.73 Å². The lowest BCUT2D eigenvalue weighted by molar-refractivity contribution is 1.06. The van der Waals surface area contributed by atoms with Gasteiger partial charge in [0.15, 0.2) is 11.6 Å². The quantitative estimate of drug-likeness (QED) is 0.847. The van der Waals surface area contributed by atoms with Gasteiger partial charge in [-0.3, -0.25) is 0 Å². The van der Waals surface area contributed by atoms with Crippen molar-refractivity contribution in [1.29, 1.82) is 0 Å². The lowest BCUT2D eigenvalue weighted by Crippen LogP contribution is -1.99. The first-order chi connectivity index (χ1) is 7.16. The van der Waals surface area contributed by atoms with Gasteiger partial charge in [0.05, 0.1) is 4.47 Å². The standard InChI is InChI=1S/C9H8BrN5/c1-5-2-12-8(13-3-5)9-14-4-6(10)7(11)15-9/h2-4H,1H3,(H2,11,14,15). The topological polar surface area (TPSA) is 77.6 Å². The third kappa shape index (κ3) is 2.10. The van der Waals surface area contributed by atoms with E-state index in [1.165, 1.54) is 0 Å². The summed E-state index contributed by atoms with van der Waals surface area (Å²) in [7, 11) is 0. The lowest BCUT2D eigenvalue weighted by Gasteiger charge is -2.00. The molecule has 0 fully saturated rings. The van der Waals surface area contributed by atoms with Crippen LogP contribution in [-0.4, -0.2) is 19.9 Å².